The molecule has 0 heterocycles. The summed E-state index contributed by atoms with van der Waals surface area (Å²) in [4.78, 5) is 0. The van der Waals surface area contributed by atoms with Crippen molar-refractivity contribution in [2.45, 2.75) is 32.7 Å². The molecule has 0 aromatic heterocycles. The Morgan fingerprint density at radius 1 is 1.18 bits per heavy atom. The zero-order chi connectivity index (χ0) is 12.3. The summed E-state index contributed by atoms with van der Waals surface area (Å²) >= 11 is 0. The van der Waals surface area contributed by atoms with Gasteiger partial charge in [0.25, 0.3) is 0 Å². The van der Waals surface area contributed by atoms with Crippen molar-refractivity contribution in [3.05, 3.63) is 29.8 Å². The summed E-state index contributed by atoms with van der Waals surface area (Å²) < 4.78 is 5.30. The van der Waals surface area contributed by atoms with E-state index >= 15 is 0 Å². The van der Waals surface area contributed by atoms with E-state index in [1.54, 1.807) is 0 Å². The van der Waals surface area contributed by atoms with E-state index in [0.29, 0.717) is 6.61 Å². The highest BCUT2D eigenvalue weighted by Gasteiger charge is 1.95. The number of aliphatic hydroxyl groups is 1. The highest BCUT2D eigenvalue weighted by Crippen LogP contribution is 2.11. The van der Waals surface area contributed by atoms with E-state index in [-0.39, 0.29) is 6.61 Å². The van der Waals surface area contributed by atoms with Gasteiger partial charge in [0.15, 0.2) is 0 Å². The van der Waals surface area contributed by atoms with E-state index in [9.17, 15) is 0 Å². The Morgan fingerprint density at radius 2 is 1.94 bits per heavy atom. The maximum atomic E-state index is 8.63. The summed E-state index contributed by atoms with van der Waals surface area (Å²) in [5.41, 5.74) is 1.26. The molecule has 0 radical (unpaired) electrons. The van der Waals surface area contributed by atoms with Crippen LogP contribution in [-0.2, 0) is 6.54 Å². The van der Waals surface area contributed by atoms with Gasteiger partial charge in [-0.25, -0.2) is 0 Å². The van der Waals surface area contributed by atoms with Gasteiger partial charge in [-0.05, 0) is 30.7 Å². The van der Waals surface area contributed by atoms with Gasteiger partial charge >= 0.3 is 0 Å². The van der Waals surface area contributed by atoms with Gasteiger partial charge in [-0.15, -0.1) is 0 Å². The number of unbranched alkanes of at least 4 members (excludes halogenated alkanes) is 2. The van der Waals surface area contributed by atoms with E-state index in [0.717, 1.165) is 18.8 Å². The molecule has 96 valence electrons. The molecule has 3 heteroatoms. The van der Waals surface area contributed by atoms with Gasteiger partial charge in [0.1, 0.15) is 12.4 Å². The van der Waals surface area contributed by atoms with Crippen LogP contribution >= 0.6 is 0 Å². The maximum Gasteiger partial charge on any atom is 0.119 e. The molecule has 0 fully saturated rings. The van der Waals surface area contributed by atoms with Gasteiger partial charge in [-0.2, -0.15) is 0 Å². The van der Waals surface area contributed by atoms with E-state index in [4.69, 9.17) is 9.84 Å². The van der Waals surface area contributed by atoms with Crippen molar-refractivity contribution in [3.63, 3.8) is 0 Å². The Hall–Kier alpha value is -1.06. The largest absolute Gasteiger partial charge is 0.491 e. The standard InChI is InChI=1S/C14H23NO2/c1-2-3-4-9-15-12-13-5-7-14(8-6-13)17-11-10-16/h5-8,15-16H,2-4,9-12H2,1H3. The number of aliphatic hydroxyl groups excluding tert-OH is 1. The van der Waals surface area contributed by atoms with Crippen LogP contribution in [0.15, 0.2) is 24.3 Å². The van der Waals surface area contributed by atoms with E-state index in [1.165, 1.54) is 24.8 Å². The first-order valence-electron chi connectivity index (χ1n) is 6.40. The molecule has 0 atom stereocenters. The lowest BCUT2D eigenvalue weighted by molar-refractivity contribution is 0.201. The highest BCUT2D eigenvalue weighted by molar-refractivity contribution is 5.27. The molecule has 1 aromatic carbocycles. The molecule has 0 saturated heterocycles. The van der Waals surface area contributed by atoms with Crippen LogP contribution in [-0.4, -0.2) is 24.9 Å². The Balaban J connectivity index is 2.20. The van der Waals surface area contributed by atoms with Crippen LogP contribution in [0.4, 0.5) is 0 Å². The summed E-state index contributed by atoms with van der Waals surface area (Å²) in [5, 5.41) is 12.1. The third kappa shape index (κ3) is 6.29. The predicted octanol–water partition coefficient (Wildman–Crippen LogP) is 2.34. The first-order valence-corrected chi connectivity index (χ1v) is 6.40. The molecule has 0 unspecified atom stereocenters. The molecule has 2 N–H and O–H groups in total. The Kier molecular flexibility index (Phi) is 7.43. The molecule has 0 saturated carbocycles. The molecule has 1 rings (SSSR count). The monoisotopic (exact) mass is 237 g/mol. The number of rotatable bonds is 9. The molecule has 17 heavy (non-hydrogen) atoms. The lowest BCUT2D eigenvalue weighted by Crippen LogP contribution is -2.14. The minimum absolute atomic E-state index is 0.0563. The lowest BCUT2D eigenvalue weighted by Gasteiger charge is -2.07. The average Bonchev–Trinajstić information content (AvgIpc) is 2.37. The van der Waals surface area contributed by atoms with Crippen LogP contribution in [0.3, 0.4) is 0 Å². The van der Waals surface area contributed by atoms with Crippen molar-refractivity contribution < 1.29 is 9.84 Å². The second-order valence-electron chi connectivity index (χ2n) is 4.10. The Labute approximate surface area is 104 Å². The van der Waals surface area contributed by atoms with Gasteiger partial charge in [0.05, 0.1) is 6.61 Å². The lowest BCUT2D eigenvalue weighted by atomic mass is 10.2. The summed E-state index contributed by atoms with van der Waals surface area (Å²) in [7, 11) is 0. The van der Waals surface area contributed by atoms with Crippen LogP contribution in [0.5, 0.6) is 5.75 Å². The molecule has 0 aliphatic rings. The second kappa shape index (κ2) is 9.02. The second-order valence-corrected chi connectivity index (χ2v) is 4.10. The van der Waals surface area contributed by atoms with Crippen LogP contribution in [0, 0.1) is 0 Å². The zero-order valence-electron chi connectivity index (χ0n) is 10.6. The van der Waals surface area contributed by atoms with Crippen molar-refractivity contribution in [3.8, 4) is 5.75 Å². The molecule has 0 aliphatic heterocycles. The molecular formula is C14H23NO2. The minimum atomic E-state index is 0.0563. The van der Waals surface area contributed by atoms with Crippen molar-refractivity contribution >= 4 is 0 Å². The highest BCUT2D eigenvalue weighted by atomic mass is 16.5. The van der Waals surface area contributed by atoms with Crippen molar-refractivity contribution in [1.29, 1.82) is 0 Å². The van der Waals surface area contributed by atoms with Crippen LogP contribution in [0.2, 0.25) is 0 Å². The fourth-order valence-corrected chi connectivity index (χ4v) is 1.60. The molecule has 0 amide bonds. The average molecular weight is 237 g/mol. The van der Waals surface area contributed by atoms with Gasteiger partial charge in [-0.1, -0.05) is 31.9 Å². The fourth-order valence-electron chi connectivity index (χ4n) is 1.60. The smallest absolute Gasteiger partial charge is 0.119 e. The van der Waals surface area contributed by atoms with E-state index < -0.39 is 0 Å². The zero-order valence-corrected chi connectivity index (χ0v) is 10.6. The summed E-state index contributed by atoms with van der Waals surface area (Å²) in [6.45, 7) is 4.61. The van der Waals surface area contributed by atoms with E-state index in [2.05, 4.69) is 24.4 Å². The molecule has 0 spiro atoms. The fraction of sp³-hybridized carbons (Fsp3) is 0.571. The predicted molar refractivity (Wildman–Crippen MR) is 70.3 cm³/mol. The first kappa shape index (κ1) is 14.0. The number of benzene rings is 1. The van der Waals surface area contributed by atoms with Crippen LogP contribution in [0.25, 0.3) is 0 Å². The summed E-state index contributed by atoms with van der Waals surface area (Å²) in [6.07, 6.45) is 3.80. The third-order valence-electron chi connectivity index (χ3n) is 2.57. The summed E-state index contributed by atoms with van der Waals surface area (Å²) in [5.74, 6) is 0.814. The van der Waals surface area contributed by atoms with Crippen LogP contribution < -0.4 is 10.1 Å². The van der Waals surface area contributed by atoms with Crippen molar-refractivity contribution in [2.75, 3.05) is 19.8 Å². The molecular weight excluding hydrogens is 214 g/mol. The minimum Gasteiger partial charge on any atom is -0.491 e. The van der Waals surface area contributed by atoms with Gasteiger partial charge in [-0.3, -0.25) is 0 Å². The Morgan fingerprint density at radius 3 is 2.59 bits per heavy atom. The maximum absolute atomic E-state index is 8.63. The van der Waals surface area contributed by atoms with Gasteiger partial charge in [0.2, 0.25) is 0 Å². The quantitative estimate of drug-likeness (QED) is 0.648. The van der Waals surface area contributed by atoms with Gasteiger partial charge in [0, 0.05) is 6.54 Å². The molecule has 3 nitrogen and oxygen atoms in total. The molecule has 1 aromatic rings. The molecule has 0 bridgehead atoms. The SMILES string of the molecule is CCCCCNCc1ccc(OCCO)cc1. The number of ether oxygens (including phenoxy) is 1. The number of nitrogens with one attached hydrogen (secondary N) is 1. The van der Waals surface area contributed by atoms with Crippen molar-refractivity contribution in [1.82, 2.24) is 5.32 Å². The third-order valence-corrected chi connectivity index (χ3v) is 2.57. The molecule has 0 aliphatic carbocycles. The van der Waals surface area contributed by atoms with Gasteiger partial charge < -0.3 is 15.2 Å². The van der Waals surface area contributed by atoms with Crippen molar-refractivity contribution in [2.24, 2.45) is 0 Å². The number of hydrogen-bond acceptors (Lipinski definition) is 3. The Bertz CT molecular complexity index is 285. The normalized spacial score (nSPS) is 10.5. The number of hydrogen-bond donors (Lipinski definition) is 2. The summed E-state index contributed by atoms with van der Waals surface area (Å²) in [6, 6.07) is 8.00. The van der Waals surface area contributed by atoms with Crippen LogP contribution in [0.1, 0.15) is 31.7 Å². The van der Waals surface area contributed by atoms with E-state index in [1.807, 2.05) is 12.1 Å². The topological polar surface area (TPSA) is 41.5 Å². The first-order chi connectivity index (χ1) is 8.36.